The van der Waals surface area contributed by atoms with Gasteiger partial charge in [-0.25, -0.2) is 4.79 Å². The van der Waals surface area contributed by atoms with Gasteiger partial charge in [-0.15, -0.1) is 0 Å². The molecular weight excluding hydrogens is 332 g/mol. The third-order valence-corrected chi connectivity index (χ3v) is 4.42. The van der Waals surface area contributed by atoms with Crippen LogP contribution in [0.15, 0.2) is 78.1 Å². The molecule has 0 aromatic heterocycles. The maximum Gasteiger partial charge on any atom is 0.414 e. The lowest BCUT2D eigenvalue weighted by Gasteiger charge is -2.41. The van der Waals surface area contributed by atoms with Gasteiger partial charge in [0, 0.05) is 11.8 Å². The van der Waals surface area contributed by atoms with Crippen molar-refractivity contribution in [3.05, 3.63) is 84.1 Å². The number of hydrogen-bond acceptors (Lipinski definition) is 5. The Morgan fingerprint density at radius 1 is 1.08 bits per heavy atom. The maximum absolute atomic E-state index is 12.2. The van der Waals surface area contributed by atoms with Crippen LogP contribution in [-0.4, -0.2) is 36.2 Å². The van der Waals surface area contributed by atoms with Crippen LogP contribution >= 0.6 is 0 Å². The summed E-state index contributed by atoms with van der Waals surface area (Å²) in [6, 6.07) is 18.8. The van der Waals surface area contributed by atoms with Gasteiger partial charge >= 0.3 is 6.09 Å². The molecule has 0 fully saturated rings. The van der Waals surface area contributed by atoms with Gasteiger partial charge < -0.3 is 14.3 Å². The normalized spacial score (nSPS) is 24.0. The van der Waals surface area contributed by atoms with Crippen LogP contribution in [0.5, 0.6) is 0 Å². The molecule has 2 aliphatic rings. The maximum atomic E-state index is 12.2. The molecule has 0 spiro atoms. The smallest absolute Gasteiger partial charge is 0.414 e. The fourth-order valence-corrected chi connectivity index (χ4v) is 3.18. The van der Waals surface area contributed by atoms with E-state index in [1.54, 1.807) is 12.3 Å². The van der Waals surface area contributed by atoms with Crippen molar-refractivity contribution in [2.24, 2.45) is 5.16 Å². The zero-order valence-electron chi connectivity index (χ0n) is 14.2. The highest BCUT2D eigenvalue weighted by molar-refractivity contribution is 5.94. The Labute approximate surface area is 151 Å². The Morgan fingerprint density at radius 3 is 2.46 bits per heavy atom. The summed E-state index contributed by atoms with van der Waals surface area (Å²) < 4.78 is 11.0. The molecule has 3 atom stereocenters. The van der Waals surface area contributed by atoms with Crippen LogP contribution in [-0.2, 0) is 14.3 Å². The molecule has 2 heterocycles. The van der Waals surface area contributed by atoms with E-state index in [4.69, 9.17) is 14.3 Å². The van der Waals surface area contributed by atoms with Crippen molar-refractivity contribution in [2.75, 3.05) is 7.11 Å². The molecule has 6 nitrogen and oxygen atoms in total. The molecule has 0 aliphatic carbocycles. The third-order valence-electron chi connectivity index (χ3n) is 4.42. The second-order valence-corrected chi connectivity index (χ2v) is 5.99. The van der Waals surface area contributed by atoms with Crippen molar-refractivity contribution in [3.63, 3.8) is 0 Å². The fraction of sp³-hybridized carbons (Fsp3) is 0.200. The molecule has 4 rings (SSSR count). The number of benzene rings is 2. The number of carbonyl (C=O) groups is 1. The van der Waals surface area contributed by atoms with E-state index in [-0.39, 0.29) is 6.10 Å². The topological polar surface area (TPSA) is 60.4 Å². The Bertz CT molecular complexity index is 835. The molecule has 0 saturated carbocycles. The third kappa shape index (κ3) is 2.90. The molecule has 2 aromatic carbocycles. The minimum atomic E-state index is -0.478. The van der Waals surface area contributed by atoms with E-state index in [2.05, 4.69) is 5.16 Å². The number of hydrogen-bond donors (Lipinski definition) is 0. The standard InChI is InChI=1S/C20H18N2O4/c1-24-20(23)22-13-12-16-18(17(22)14-8-4-2-5-9-14)26-21-19(25-16)15-10-6-3-7-11-15/h2-13,16-18H,1H3/t16-,17+,18-/m1/s1. The van der Waals surface area contributed by atoms with E-state index < -0.39 is 18.2 Å². The summed E-state index contributed by atoms with van der Waals surface area (Å²) in [5.74, 6) is 0.426. The first-order chi connectivity index (χ1) is 12.8. The zero-order valence-corrected chi connectivity index (χ0v) is 14.2. The Balaban J connectivity index is 1.68. The molecule has 0 saturated heterocycles. The van der Waals surface area contributed by atoms with Crippen LogP contribution in [0.1, 0.15) is 17.2 Å². The average molecular weight is 350 g/mol. The Morgan fingerprint density at radius 2 is 1.77 bits per heavy atom. The lowest BCUT2D eigenvalue weighted by atomic mass is 9.93. The highest BCUT2D eigenvalue weighted by atomic mass is 16.7. The van der Waals surface area contributed by atoms with E-state index >= 15 is 0 Å². The molecule has 2 aliphatic heterocycles. The van der Waals surface area contributed by atoms with Crippen molar-refractivity contribution >= 4 is 12.0 Å². The molecule has 0 bridgehead atoms. The van der Waals surface area contributed by atoms with Gasteiger partial charge in [-0.1, -0.05) is 48.5 Å². The second kappa shape index (κ2) is 6.92. The summed E-state index contributed by atoms with van der Waals surface area (Å²) in [6.45, 7) is 0. The van der Waals surface area contributed by atoms with E-state index in [0.717, 1.165) is 11.1 Å². The number of nitrogens with zero attached hydrogens (tertiary/aromatic N) is 2. The van der Waals surface area contributed by atoms with Crippen LogP contribution in [0, 0.1) is 0 Å². The van der Waals surface area contributed by atoms with Gasteiger partial charge in [0.2, 0.25) is 0 Å². The number of fused-ring (bicyclic) bond motifs is 1. The van der Waals surface area contributed by atoms with E-state index in [1.165, 1.54) is 12.0 Å². The lowest BCUT2D eigenvalue weighted by Crippen LogP contribution is -2.49. The number of rotatable bonds is 2. The van der Waals surface area contributed by atoms with Crippen molar-refractivity contribution in [1.29, 1.82) is 0 Å². The van der Waals surface area contributed by atoms with Gasteiger partial charge in [-0.3, -0.25) is 4.90 Å². The number of ether oxygens (including phenoxy) is 2. The second-order valence-electron chi connectivity index (χ2n) is 5.99. The van der Waals surface area contributed by atoms with Gasteiger partial charge in [0.25, 0.3) is 5.90 Å². The monoisotopic (exact) mass is 350 g/mol. The molecule has 0 unspecified atom stereocenters. The van der Waals surface area contributed by atoms with E-state index in [1.807, 2.05) is 60.7 Å². The first-order valence-corrected chi connectivity index (χ1v) is 8.33. The predicted molar refractivity (Wildman–Crippen MR) is 95.3 cm³/mol. The molecule has 26 heavy (non-hydrogen) atoms. The molecule has 0 N–H and O–H groups in total. The number of oxime groups is 1. The van der Waals surface area contributed by atoms with Gasteiger partial charge in [-0.05, 0) is 28.9 Å². The van der Waals surface area contributed by atoms with Crippen LogP contribution in [0.3, 0.4) is 0 Å². The SMILES string of the molecule is COC(=O)N1C=C[C@H]2OC(c3ccccc3)=NO[C@H]2[C@@H]1c1ccccc1. The van der Waals surface area contributed by atoms with Crippen LogP contribution in [0.4, 0.5) is 4.79 Å². The van der Waals surface area contributed by atoms with E-state index in [0.29, 0.717) is 5.90 Å². The minimum Gasteiger partial charge on any atom is -0.463 e. The van der Waals surface area contributed by atoms with E-state index in [9.17, 15) is 4.79 Å². The summed E-state index contributed by atoms with van der Waals surface area (Å²) in [7, 11) is 1.36. The summed E-state index contributed by atoms with van der Waals surface area (Å²) >= 11 is 0. The van der Waals surface area contributed by atoms with Gasteiger partial charge in [0.15, 0.2) is 12.2 Å². The van der Waals surface area contributed by atoms with Gasteiger partial charge in [0.05, 0.1) is 7.11 Å². The van der Waals surface area contributed by atoms with Crippen molar-refractivity contribution in [1.82, 2.24) is 4.90 Å². The average Bonchev–Trinajstić information content (AvgIpc) is 2.73. The first kappa shape index (κ1) is 16.2. The first-order valence-electron chi connectivity index (χ1n) is 8.33. The van der Waals surface area contributed by atoms with Crippen molar-refractivity contribution in [2.45, 2.75) is 18.2 Å². The summed E-state index contributed by atoms with van der Waals surface area (Å²) in [6.07, 6.45) is 2.17. The molecule has 132 valence electrons. The van der Waals surface area contributed by atoms with Crippen LogP contribution < -0.4 is 0 Å². The quantitative estimate of drug-likeness (QED) is 0.832. The molecule has 0 radical (unpaired) electrons. The van der Waals surface area contributed by atoms with Crippen LogP contribution in [0.25, 0.3) is 0 Å². The summed E-state index contributed by atoms with van der Waals surface area (Å²) in [4.78, 5) is 19.5. The van der Waals surface area contributed by atoms with Gasteiger partial charge in [0.1, 0.15) is 6.04 Å². The minimum absolute atomic E-state index is 0.367. The predicted octanol–water partition coefficient (Wildman–Crippen LogP) is 3.47. The largest absolute Gasteiger partial charge is 0.463 e. The van der Waals surface area contributed by atoms with Gasteiger partial charge in [-0.2, -0.15) is 0 Å². The highest BCUT2D eigenvalue weighted by Crippen LogP contribution is 2.36. The van der Waals surface area contributed by atoms with Crippen molar-refractivity contribution in [3.8, 4) is 0 Å². The molecule has 6 heteroatoms. The highest BCUT2D eigenvalue weighted by Gasteiger charge is 2.44. The fourth-order valence-electron chi connectivity index (χ4n) is 3.18. The number of amides is 1. The van der Waals surface area contributed by atoms with Crippen LogP contribution in [0.2, 0.25) is 0 Å². The molecule has 1 amide bonds. The van der Waals surface area contributed by atoms with Crippen molar-refractivity contribution < 1.29 is 19.1 Å². The summed E-state index contributed by atoms with van der Waals surface area (Å²) in [5, 5.41) is 4.16. The molecular formula is C20H18N2O4. The zero-order chi connectivity index (χ0) is 17.9. The number of methoxy groups -OCH3 is 1. The Kier molecular flexibility index (Phi) is 4.31. The summed E-state index contributed by atoms with van der Waals surface area (Å²) in [5.41, 5.74) is 1.75. The number of carbonyl (C=O) groups excluding carboxylic acids is 1. The lowest BCUT2D eigenvalue weighted by molar-refractivity contribution is -0.0838. The molecule has 2 aromatic rings. The Hall–Kier alpha value is -3.28.